The lowest BCUT2D eigenvalue weighted by Crippen LogP contribution is -2.36. The van der Waals surface area contributed by atoms with E-state index in [1.807, 2.05) is 24.3 Å². The molecule has 0 atom stereocenters. The highest BCUT2D eigenvalue weighted by atomic mass is 19.1. The quantitative estimate of drug-likeness (QED) is 0.718. The summed E-state index contributed by atoms with van der Waals surface area (Å²) in [7, 11) is 1.64. The van der Waals surface area contributed by atoms with Crippen molar-refractivity contribution in [2.24, 2.45) is 0 Å². The van der Waals surface area contributed by atoms with Gasteiger partial charge < -0.3 is 4.74 Å². The van der Waals surface area contributed by atoms with Crippen molar-refractivity contribution in [1.29, 1.82) is 0 Å². The Hall–Kier alpha value is -1.05. The molecule has 2 heteroatoms. The molecule has 0 radical (unpaired) electrons. The predicted molar refractivity (Wildman–Crippen MR) is 54.5 cm³/mol. The second-order valence-electron chi connectivity index (χ2n) is 3.97. The number of hydrogen-bond donors (Lipinski definition) is 0. The molecule has 0 heterocycles. The van der Waals surface area contributed by atoms with E-state index in [0.717, 1.165) is 30.6 Å². The second-order valence-corrected chi connectivity index (χ2v) is 3.97. The van der Waals surface area contributed by atoms with Crippen LogP contribution >= 0.6 is 0 Å². The molecule has 0 aliphatic heterocycles. The first kappa shape index (κ1) is 9.50. The minimum absolute atomic E-state index is 0.243. The highest BCUT2D eigenvalue weighted by Gasteiger charge is 2.40. The lowest BCUT2D eigenvalue weighted by molar-refractivity contribution is 0.179. The van der Waals surface area contributed by atoms with Crippen LogP contribution in [0.3, 0.4) is 0 Å². The Balaban J connectivity index is 2.38. The Bertz CT molecular complexity index is 312. The fraction of sp³-hybridized carbons (Fsp3) is 0.500. The van der Waals surface area contributed by atoms with Gasteiger partial charge in [-0.05, 0) is 18.9 Å². The van der Waals surface area contributed by atoms with Gasteiger partial charge in [0.1, 0.15) is 5.75 Å². The fourth-order valence-corrected chi connectivity index (χ4v) is 2.16. The number of ether oxygens (including phenoxy) is 1. The van der Waals surface area contributed by atoms with Crippen LogP contribution in [0.5, 0.6) is 5.75 Å². The topological polar surface area (TPSA) is 9.23 Å². The highest BCUT2D eigenvalue weighted by Crippen LogP contribution is 2.47. The summed E-state index contributed by atoms with van der Waals surface area (Å²) in [4.78, 5) is 0. The van der Waals surface area contributed by atoms with Crippen molar-refractivity contribution in [3.05, 3.63) is 29.8 Å². The number of methoxy groups -OCH3 is 1. The Labute approximate surface area is 83.9 Å². The van der Waals surface area contributed by atoms with Crippen molar-refractivity contribution in [3.8, 4) is 5.75 Å². The van der Waals surface area contributed by atoms with Gasteiger partial charge in [-0.2, -0.15) is 0 Å². The zero-order chi connectivity index (χ0) is 10.0. The molecule has 1 fully saturated rings. The van der Waals surface area contributed by atoms with Gasteiger partial charge in [0.15, 0.2) is 0 Å². The summed E-state index contributed by atoms with van der Waals surface area (Å²) in [5.74, 6) is 0.824. The van der Waals surface area contributed by atoms with Gasteiger partial charge in [-0.15, -0.1) is 0 Å². The molecule has 14 heavy (non-hydrogen) atoms. The molecule has 1 saturated carbocycles. The number of alkyl halides is 1. The van der Waals surface area contributed by atoms with E-state index in [4.69, 9.17) is 4.74 Å². The third kappa shape index (κ3) is 1.29. The van der Waals surface area contributed by atoms with Gasteiger partial charge in [-0.1, -0.05) is 24.6 Å². The van der Waals surface area contributed by atoms with Crippen molar-refractivity contribution in [3.63, 3.8) is 0 Å². The first-order chi connectivity index (χ1) is 6.82. The van der Waals surface area contributed by atoms with E-state index in [9.17, 15) is 4.39 Å². The summed E-state index contributed by atoms with van der Waals surface area (Å²) in [6.07, 6.45) is 3.02. The van der Waals surface area contributed by atoms with E-state index in [0.29, 0.717) is 0 Å². The molecule has 1 nitrogen and oxygen atoms in total. The molecule has 0 spiro atoms. The maximum Gasteiger partial charge on any atom is 0.122 e. The van der Waals surface area contributed by atoms with Crippen LogP contribution in [0.1, 0.15) is 24.8 Å². The molecule has 76 valence electrons. The van der Waals surface area contributed by atoms with Crippen LogP contribution < -0.4 is 4.74 Å². The SMILES string of the molecule is COc1ccccc1C1(CF)CCC1. The van der Waals surface area contributed by atoms with Gasteiger partial charge in [0.25, 0.3) is 0 Å². The largest absolute Gasteiger partial charge is 0.496 e. The van der Waals surface area contributed by atoms with E-state index in [2.05, 4.69) is 0 Å². The standard InChI is InChI=1S/C12H15FO/c1-14-11-6-3-2-5-10(11)12(9-13)7-4-8-12/h2-3,5-6H,4,7-9H2,1H3. The molecule has 0 unspecified atom stereocenters. The van der Waals surface area contributed by atoms with Crippen LogP contribution in [-0.2, 0) is 5.41 Å². The minimum Gasteiger partial charge on any atom is -0.496 e. The van der Waals surface area contributed by atoms with Gasteiger partial charge in [0.2, 0.25) is 0 Å². The number of benzene rings is 1. The van der Waals surface area contributed by atoms with Crippen LogP contribution in [0.25, 0.3) is 0 Å². The first-order valence-corrected chi connectivity index (χ1v) is 5.02. The number of rotatable bonds is 3. The Morgan fingerprint density at radius 1 is 1.36 bits per heavy atom. The van der Waals surface area contributed by atoms with E-state index < -0.39 is 0 Å². The molecule has 1 aromatic carbocycles. The minimum atomic E-state index is -0.270. The maximum atomic E-state index is 13.0. The number of para-hydroxylation sites is 1. The third-order valence-electron chi connectivity index (χ3n) is 3.24. The van der Waals surface area contributed by atoms with Gasteiger partial charge in [0, 0.05) is 11.0 Å². The second kappa shape index (κ2) is 3.60. The fourth-order valence-electron chi connectivity index (χ4n) is 2.16. The smallest absolute Gasteiger partial charge is 0.122 e. The predicted octanol–water partition coefficient (Wildman–Crippen LogP) is 3.09. The lowest BCUT2D eigenvalue weighted by atomic mass is 9.65. The summed E-state index contributed by atoms with van der Waals surface area (Å²) in [6, 6.07) is 7.77. The maximum absolute atomic E-state index is 13.0. The van der Waals surface area contributed by atoms with Gasteiger partial charge in [-0.3, -0.25) is 4.39 Å². The number of hydrogen-bond acceptors (Lipinski definition) is 1. The number of halogens is 1. The van der Waals surface area contributed by atoms with Crippen LogP contribution in [0, 0.1) is 0 Å². The van der Waals surface area contributed by atoms with Crippen LogP contribution in [-0.4, -0.2) is 13.8 Å². The third-order valence-corrected chi connectivity index (χ3v) is 3.24. The average molecular weight is 194 g/mol. The summed E-state index contributed by atoms with van der Waals surface area (Å²) in [6.45, 7) is -0.270. The summed E-state index contributed by atoms with van der Waals surface area (Å²) in [5, 5.41) is 0. The average Bonchev–Trinajstić information content (AvgIpc) is 2.18. The van der Waals surface area contributed by atoms with Crippen LogP contribution in [0.2, 0.25) is 0 Å². The summed E-state index contributed by atoms with van der Waals surface area (Å²) >= 11 is 0. The summed E-state index contributed by atoms with van der Waals surface area (Å²) < 4.78 is 18.3. The normalized spacial score (nSPS) is 18.7. The lowest BCUT2D eigenvalue weighted by Gasteiger charge is -2.40. The summed E-state index contributed by atoms with van der Waals surface area (Å²) in [5.41, 5.74) is 0.795. The van der Waals surface area contributed by atoms with E-state index in [1.165, 1.54) is 0 Å². The molecule has 0 N–H and O–H groups in total. The molecular weight excluding hydrogens is 179 g/mol. The van der Waals surface area contributed by atoms with Crippen molar-refractivity contribution < 1.29 is 9.13 Å². The van der Waals surface area contributed by atoms with Crippen molar-refractivity contribution in [2.45, 2.75) is 24.7 Å². The molecule has 0 amide bonds. The monoisotopic (exact) mass is 194 g/mol. The Morgan fingerprint density at radius 2 is 2.07 bits per heavy atom. The van der Waals surface area contributed by atoms with E-state index in [-0.39, 0.29) is 12.1 Å². The van der Waals surface area contributed by atoms with Crippen molar-refractivity contribution in [1.82, 2.24) is 0 Å². The molecule has 1 aromatic rings. The Kier molecular flexibility index (Phi) is 2.44. The molecule has 0 aromatic heterocycles. The highest BCUT2D eigenvalue weighted by molar-refractivity contribution is 5.41. The van der Waals surface area contributed by atoms with E-state index in [1.54, 1.807) is 7.11 Å². The molecular formula is C12H15FO. The molecule has 0 bridgehead atoms. The molecule has 2 rings (SSSR count). The molecule has 1 aliphatic carbocycles. The zero-order valence-corrected chi connectivity index (χ0v) is 8.42. The van der Waals surface area contributed by atoms with Crippen molar-refractivity contribution >= 4 is 0 Å². The van der Waals surface area contributed by atoms with Crippen LogP contribution in [0.15, 0.2) is 24.3 Å². The van der Waals surface area contributed by atoms with Crippen LogP contribution in [0.4, 0.5) is 4.39 Å². The Morgan fingerprint density at radius 3 is 2.57 bits per heavy atom. The zero-order valence-electron chi connectivity index (χ0n) is 8.42. The molecule has 0 saturated heterocycles. The van der Waals surface area contributed by atoms with E-state index >= 15 is 0 Å². The van der Waals surface area contributed by atoms with Crippen molar-refractivity contribution in [2.75, 3.05) is 13.8 Å². The van der Waals surface area contributed by atoms with Gasteiger partial charge in [0.05, 0.1) is 13.8 Å². The van der Waals surface area contributed by atoms with Gasteiger partial charge >= 0.3 is 0 Å². The van der Waals surface area contributed by atoms with Gasteiger partial charge in [-0.25, -0.2) is 0 Å². The molecule has 1 aliphatic rings. The first-order valence-electron chi connectivity index (χ1n) is 5.02.